The highest BCUT2D eigenvalue weighted by Crippen LogP contribution is 2.31. The number of nitrogens with one attached hydrogen (secondary N) is 1. The van der Waals surface area contributed by atoms with Gasteiger partial charge in [0.25, 0.3) is 5.91 Å². The molecule has 0 aromatic heterocycles. The number of hydrogen-bond acceptors (Lipinski definition) is 5. The summed E-state index contributed by atoms with van der Waals surface area (Å²) in [6.45, 7) is 1.46. The molecule has 0 aliphatic carbocycles. The summed E-state index contributed by atoms with van der Waals surface area (Å²) >= 11 is 6.05. The van der Waals surface area contributed by atoms with Crippen molar-refractivity contribution in [3.05, 3.63) is 58.6 Å². The fourth-order valence-electron chi connectivity index (χ4n) is 2.29. The number of benzene rings is 2. The van der Waals surface area contributed by atoms with Crippen LogP contribution < -0.4 is 14.8 Å². The second-order valence-corrected chi connectivity index (χ2v) is 5.96. The molecule has 0 fully saturated rings. The first-order valence-electron chi connectivity index (χ1n) is 8.06. The van der Waals surface area contributed by atoms with E-state index in [1.807, 2.05) is 13.0 Å². The zero-order chi connectivity index (χ0) is 19.8. The van der Waals surface area contributed by atoms with Gasteiger partial charge >= 0.3 is 5.97 Å². The Hall–Kier alpha value is -2.99. The topological polar surface area (TPSA) is 73.9 Å². The van der Waals surface area contributed by atoms with E-state index in [0.29, 0.717) is 27.8 Å². The number of ether oxygens (including phenoxy) is 3. The summed E-state index contributed by atoms with van der Waals surface area (Å²) in [4.78, 5) is 23.8. The van der Waals surface area contributed by atoms with Crippen LogP contribution in [0.2, 0.25) is 5.02 Å². The first-order chi connectivity index (χ1) is 12.9. The van der Waals surface area contributed by atoms with Gasteiger partial charge in [-0.15, -0.1) is 0 Å². The maximum absolute atomic E-state index is 11.9. The van der Waals surface area contributed by atoms with E-state index in [1.54, 1.807) is 30.3 Å². The number of para-hydroxylation sites is 1. The van der Waals surface area contributed by atoms with Crippen LogP contribution in [0.15, 0.2) is 42.5 Å². The highest BCUT2D eigenvalue weighted by atomic mass is 35.5. The van der Waals surface area contributed by atoms with Crippen LogP contribution in [0.3, 0.4) is 0 Å². The number of aryl methyl sites for hydroxylation is 1. The van der Waals surface area contributed by atoms with E-state index in [0.717, 1.165) is 5.56 Å². The van der Waals surface area contributed by atoms with Gasteiger partial charge in [-0.25, -0.2) is 4.79 Å². The van der Waals surface area contributed by atoms with Crippen molar-refractivity contribution in [1.29, 1.82) is 0 Å². The standard InChI is InChI=1S/C20H20ClNO5/c1-13-7-9-16(15(21)11-13)22-18(23)12-27-19(24)10-8-14-5-4-6-17(25-2)20(14)26-3/h4-11H,12H2,1-3H3,(H,22,23)/b10-8+. The Bertz CT molecular complexity index is 863. The molecule has 0 radical (unpaired) electrons. The molecular formula is C20H20ClNO5. The summed E-state index contributed by atoms with van der Waals surface area (Å²) in [5.41, 5.74) is 2.08. The van der Waals surface area contributed by atoms with Gasteiger partial charge in [-0.1, -0.05) is 29.8 Å². The predicted molar refractivity (Wildman–Crippen MR) is 104 cm³/mol. The minimum absolute atomic E-state index is 0.416. The van der Waals surface area contributed by atoms with Crippen LogP contribution >= 0.6 is 11.6 Å². The van der Waals surface area contributed by atoms with Gasteiger partial charge in [-0.2, -0.15) is 0 Å². The third-order valence-corrected chi connectivity index (χ3v) is 3.89. The average molecular weight is 390 g/mol. The van der Waals surface area contributed by atoms with Gasteiger partial charge in [0.1, 0.15) is 0 Å². The monoisotopic (exact) mass is 389 g/mol. The first-order valence-corrected chi connectivity index (χ1v) is 8.44. The van der Waals surface area contributed by atoms with Crippen molar-refractivity contribution >= 4 is 35.2 Å². The minimum Gasteiger partial charge on any atom is -0.493 e. The SMILES string of the molecule is COc1cccc(/C=C/C(=O)OCC(=O)Nc2ccc(C)cc2Cl)c1OC. The summed E-state index contributed by atoms with van der Waals surface area (Å²) in [6, 6.07) is 10.5. The third-order valence-electron chi connectivity index (χ3n) is 3.58. The largest absolute Gasteiger partial charge is 0.493 e. The number of carbonyl (C=O) groups excluding carboxylic acids is 2. The number of rotatable bonds is 7. The Morgan fingerprint density at radius 2 is 1.93 bits per heavy atom. The lowest BCUT2D eigenvalue weighted by molar-refractivity contribution is -0.142. The summed E-state index contributed by atoms with van der Waals surface area (Å²) in [5.74, 6) is -0.107. The summed E-state index contributed by atoms with van der Waals surface area (Å²) < 4.78 is 15.4. The molecule has 0 bridgehead atoms. The minimum atomic E-state index is -0.662. The second kappa shape index (κ2) is 9.64. The lowest BCUT2D eigenvalue weighted by Crippen LogP contribution is -2.20. The van der Waals surface area contributed by atoms with Crippen LogP contribution in [-0.2, 0) is 14.3 Å². The van der Waals surface area contributed by atoms with Crippen molar-refractivity contribution in [1.82, 2.24) is 0 Å². The van der Waals surface area contributed by atoms with Gasteiger partial charge in [-0.05, 0) is 36.8 Å². The molecule has 7 heteroatoms. The molecule has 142 valence electrons. The highest BCUT2D eigenvalue weighted by Gasteiger charge is 2.10. The lowest BCUT2D eigenvalue weighted by atomic mass is 10.1. The molecule has 0 unspecified atom stereocenters. The molecule has 1 amide bonds. The van der Waals surface area contributed by atoms with Gasteiger partial charge in [0, 0.05) is 11.6 Å². The molecule has 2 rings (SSSR count). The molecule has 0 saturated heterocycles. The predicted octanol–water partition coefficient (Wildman–Crippen LogP) is 3.86. The molecule has 0 aliphatic rings. The van der Waals surface area contributed by atoms with Crippen molar-refractivity contribution in [2.75, 3.05) is 26.1 Å². The van der Waals surface area contributed by atoms with E-state index in [1.165, 1.54) is 26.4 Å². The Morgan fingerprint density at radius 1 is 1.15 bits per heavy atom. The van der Waals surface area contributed by atoms with E-state index in [-0.39, 0.29) is 0 Å². The average Bonchev–Trinajstić information content (AvgIpc) is 2.66. The van der Waals surface area contributed by atoms with Crippen LogP contribution in [0.1, 0.15) is 11.1 Å². The van der Waals surface area contributed by atoms with Crippen molar-refractivity contribution in [2.24, 2.45) is 0 Å². The zero-order valence-corrected chi connectivity index (χ0v) is 16.0. The molecule has 2 aromatic carbocycles. The number of carbonyl (C=O) groups is 2. The number of esters is 1. The zero-order valence-electron chi connectivity index (χ0n) is 15.2. The van der Waals surface area contributed by atoms with Crippen LogP contribution in [0.4, 0.5) is 5.69 Å². The lowest BCUT2D eigenvalue weighted by Gasteiger charge is -2.10. The van der Waals surface area contributed by atoms with Crippen molar-refractivity contribution < 1.29 is 23.8 Å². The molecular weight excluding hydrogens is 370 g/mol. The molecule has 1 N–H and O–H groups in total. The van der Waals surface area contributed by atoms with E-state index in [2.05, 4.69) is 5.32 Å². The van der Waals surface area contributed by atoms with Gasteiger partial charge in [-0.3, -0.25) is 4.79 Å². The van der Waals surface area contributed by atoms with E-state index >= 15 is 0 Å². The fourth-order valence-corrected chi connectivity index (χ4v) is 2.58. The first kappa shape index (κ1) is 20.3. The molecule has 0 atom stereocenters. The quantitative estimate of drug-likeness (QED) is 0.575. The fraction of sp³-hybridized carbons (Fsp3) is 0.200. The normalized spacial score (nSPS) is 10.5. The molecule has 0 heterocycles. The molecule has 6 nitrogen and oxygen atoms in total. The van der Waals surface area contributed by atoms with Crippen LogP contribution in [0.25, 0.3) is 6.08 Å². The van der Waals surface area contributed by atoms with E-state index in [4.69, 9.17) is 25.8 Å². The van der Waals surface area contributed by atoms with Gasteiger partial charge in [0.2, 0.25) is 0 Å². The maximum atomic E-state index is 11.9. The van der Waals surface area contributed by atoms with Gasteiger partial charge < -0.3 is 19.5 Å². The van der Waals surface area contributed by atoms with Gasteiger partial charge in [0.05, 0.1) is 24.9 Å². The van der Waals surface area contributed by atoms with Crippen molar-refractivity contribution in [2.45, 2.75) is 6.92 Å². The Kier molecular flexibility index (Phi) is 7.25. The van der Waals surface area contributed by atoms with Crippen LogP contribution in [0.5, 0.6) is 11.5 Å². The number of amides is 1. The smallest absolute Gasteiger partial charge is 0.331 e. The van der Waals surface area contributed by atoms with Crippen LogP contribution in [-0.4, -0.2) is 32.7 Å². The summed E-state index contributed by atoms with van der Waals surface area (Å²) in [5, 5.41) is 3.01. The van der Waals surface area contributed by atoms with Gasteiger partial charge in [0.15, 0.2) is 18.1 Å². The van der Waals surface area contributed by atoms with Crippen molar-refractivity contribution in [3.63, 3.8) is 0 Å². The molecule has 0 aliphatic heterocycles. The Labute approximate surface area is 162 Å². The third kappa shape index (κ3) is 5.76. The van der Waals surface area contributed by atoms with Crippen LogP contribution in [0, 0.1) is 6.92 Å². The summed E-state index contributed by atoms with van der Waals surface area (Å²) in [6.07, 6.45) is 2.74. The van der Waals surface area contributed by atoms with E-state index in [9.17, 15) is 9.59 Å². The second-order valence-electron chi connectivity index (χ2n) is 5.56. The van der Waals surface area contributed by atoms with E-state index < -0.39 is 18.5 Å². The molecule has 0 saturated carbocycles. The summed E-state index contributed by atoms with van der Waals surface area (Å²) in [7, 11) is 3.03. The molecule has 2 aromatic rings. The number of methoxy groups -OCH3 is 2. The number of anilines is 1. The van der Waals surface area contributed by atoms with Crippen molar-refractivity contribution in [3.8, 4) is 11.5 Å². The maximum Gasteiger partial charge on any atom is 0.331 e. The Morgan fingerprint density at radius 3 is 2.59 bits per heavy atom. The number of halogens is 1. The highest BCUT2D eigenvalue weighted by molar-refractivity contribution is 6.33. The molecule has 0 spiro atoms. The Balaban J connectivity index is 1.92. The molecule has 27 heavy (non-hydrogen) atoms. The number of hydrogen-bond donors (Lipinski definition) is 1.